The number of aromatic amines is 1. The van der Waals surface area contributed by atoms with Gasteiger partial charge < -0.3 is 15.0 Å². The highest BCUT2D eigenvalue weighted by atomic mass is 35.5. The number of halogens is 1. The fraction of sp³-hybridized carbons (Fsp3) is 0.367. The number of hydrogen-bond donors (Lipinski definition) is 2. The lowest BCUT2D eigenvalue weighted by molar-refractivity contribution is -0.137. The average molecular weight is 560 g/mol. The number of carbonyl (C=O) groups excluding carboxylic acids is 2. The van der Waals surface area contributed by atoms with Crippen LogP contribution in [0.2, 0.25) is 5.02 Å². The molecule has 2 N–H and O–H groups in total. The molecular weight excluding hydrogens is 530 g/mol. The smallest absolute Gasteiger partial charge is 0.307 e. The third-order valence-electron chi connectivity index (χ3n) is 7.79. The van der Waals surface area contributed by atoms with Crippen LogP contribution in [-0.2, 0) is 4.79 Å². The molecule has 5 rings (SSSR count). The van der Waals surface area contributed by atoms with E-state index in [2.05, 4.69) is 21.6 Å². The van der Waals surface area contributed by atoms with Crippen molar-refractivity contribution in [3.63, 3.8) is 0 Å². The van der Waals surface area contributed by atoms with Crippen molar-refractivity contribution in [3.8, 4) is 17.6 Å². The van der Waals surface area contributed by atoms with Crippen molar-refractivity contribution >= 4 is 23.4 Å². The summed E-state index contributed by atoms with van der Waals surface area (Å²) in [6, 6.07) is 15.0. The largest absolute Gasteiger partial charge is 0.451 e. The Balaban J connectivity index is 1.33. The van der Waals surface area contributed by atoms with Crippen LogP contribution in [0.4, 0.5) is 0 Å². The van der Waals surface area contributed by atoms with Crippen LogP contribution in [0.25, 0.3) is 0 Å². The number of ether oxygens (including phenoxy) is 1. The molecule has 10 heteroatoms. The maximum Gasteiger partial charge on any atom is 0.307 e. The van der Waals surface area contributed by atoms with Crippen LogP contribution in [0, 0.1) is 30.6 Å². The van der Waals surface area contributed by atoms with E-state index in [1.807, 2.05) is 23.1 Å². The maximum absolute atomic E-state index is 13.9. The Labute approximate surface area is 237 Å². The third-order valence-corrected chi connectivity index (χ3v) is 8.03. The second-order valence-electron chi connectivity index (χ2n) is 10.7. The number of hydrogen-bond acceptors (Lipinski definition) is 6. The number of likely N-dealkylation sites (tertiary alicyclic amines) is 1. The topological polar surface area (TPSA) is 128 Å². The van der Waals surface area contributed by atoms with Crippen LogP contribution in [0.15, 0.2) is 53.3 Å². The molecule has 40 heavy (non-hydrogen) atoms. The molecule has 1 aromatic heterocycles. The van der Waals surface area contributed by atoms with Gasteiger partial charge in [0.15, 0.2) is 5.75 Å². The van der Waals surface area contributed by atoms with E-state index in [-0.39, 0.29) is 23.7 Å². The van der Waals surface area contributed by atoms with Gasteiger partial charge in [0.1, 0.15) is 11.8 Å². The number of rotatable bonds is 7. The number of nitrogens with zero attached hydrogens (tertiary/aromatic N) is 3. The van der Waals surface area contributed by atoms with Gasteiger partial charge in [-0.15, -0.1) is 0 Å². The van der Waals surface area contributed by atoms with E-state index in [0.29, 0.717) is 27.6 Å². The van der Waals surface area contributed by atoms with Gasteiger partial charge in [-0.05, 0) is 87.9 Å². The minimum Gasteiger partial charge on any atom is -0.451 e. The molecule has 1 aliphatic heterocycles. The number of benzene rings is 2. The van der Waals surface area contributed by atoms with Crippen LogP contribution < -0.4 is 15.6 Å². The van der Waals surface area contributed by atoms with Crippen LogP contribution in [-0.4, -0.2) is 39.0 Å². The summed E-state index contributed by atoms with van der Waals surface area (Å²) in [5.74, 6) is -0.115. The lowest BCUT2D eigenvalue weighted by atomic mass is 9.95. The quantitative estimate of drug-likeness (QED) is 0.420. The second kappa shape index (κ2) is 10.8. The number of aromatic nitrogens is 2. The third kappa shape index (κ3) is 5.32. The van der Waals surface area contributed by atoms with Crippen molar-refractivity contribution in [1.82, 2.24) is 20.4 Å². The van der Waals surface area contributed by atoms with Gasteiger partial charge in [0.25, 0.3) is 5.91 Å². The standard InChI is InChI=1S/C30H30ClN5O4/c1-17-13-21(7-9-24(17)40-25-14-18(2)34-35-28(25)38)27(37)33-19(3)29(39)36-23(20-5-4-6-22(31)15-20)8-10-26(36)30(16-32)11-12-30/h4-7,9,13-15,19,23,26H,8,10-12H2,1-3H3,(H,33,37)(H,35,38)/t19-,23+,26-/m1/s1. The summed E-state index contributed by atoms with van der Waals surface area (Å²) in [7, 11) is 0. The molecule has 9 nitrogen and oxygen atoms in total. The molecule has 0 radical (unpaired) electrons. The summed E-state index contributed by atoms with van der Waals surface area (Å²) < 4.78 is 5.75. The Morgan fingerprint density at radius 1 is 1.18 bits per heavy atom. The molecule has 2 fully saturated rings. The Morgan fingerprint density at radius 3 is 2.62 bits per heavy atom. The first kappa shape index (κ1) is 27.4. The summed E-state index contributed by atoms with van der Waals surface area (Å²) >= 11 is 6.26. The zero-order valence-corrected chi connectivity index (χ0v) is 23.3. The monoisotopic (exact) mass is 559 g/mol. The van der Waals surface area contributed by atoms with Crippen molar-refractivity contribution in [3.05, 3.63) is 86.3 Å². The van der Waals surface area contributed by atoms with E-state index in [0.717, 1.165) is 31.2 Å². The summed E-state index contributed by atoms with van der Waals surface area (Å²) in [5, 5.41) is 19.5. The number of nitrogens with one attached hydrogen (secondary N) is 2. The van der Waals surface area contributed by atoms with Crippen LogP contribution in [0.1, 0.15) is 65.8 Å². The predicted octanol–water partition coefficient (Wildman–Crippen LogP) is 4.99. The Hall–Kier alpha value is -4.16. The van der Waals surface area contributed by atoms with E-state index in [4.69, 9.17) is 16.3 Å². The van der Waals surface area contributed by atoms with Gasteiger partial charge in [0.05, 0.1) is 29.3 Å². The highest BCUT2D eigenvalue weighted by molar-refractivity contribution is 6.30. The van der Waals surface area contributed by atoms with Gasteiger partial charge >= 0.3 is 5.56 Å². The summed E-state index contributed by atoms with van der Waals surface area (Å²) in [6.07, 6.45) is 2.97. The van der Waals surface area contributed by atoms with Crippen LogP contribution >= 0.6 is 11.6 Å². The van der Waals surface area contributed by atoms with Gasteiger partial charge in [-0.3, -0.25) is 14.4 Å². The Morgan fingerprint density at radius 2 is 1.95 bits per heavy atom. The molecule has 2 aromatic carbocycles. The summed E-state index contributed by atoms with van der Waals surface area (Å²) in [6.45, 7) is 5.17. The normalized spacial score (nSPS) is 19.9. The van der Waals surface area contributed by atoms with Crippen molar-refractivity contribution in [2.24, 2.45) is 5.41 Å². The van der Waals surface area contributed by atoms with E-state index >= 15 is 0 Å². The molecule has 2 aliphatic rings. The first-order chi connectivity index (χ1) is 19.1. The molecule has 0 unspecified atom stereocenters. The maximum atomic E-state index is 13.9. The van der Waals surface area contributed by atoms with Crippen LogP contribution in [0.5, 0.6) is 11.5 Å². The molecule has 3 aromatic rings. The first-order valence-electron chi connectivity index (χ1n) is 13.3. The molecule has 206 valence electrons. The van der Waals surface area contributed by atoms with Gasteiger partial charge in [-0.1, -0.05) is 23.7 Å². The van der Waals surface area contributed by atoms with Crippen molar-refractivity contribution < 1.29 is 14.3 Å². The molecular formula is C30H30ClN5O4. The Kier molecular flexibility index (Phi) is 7.39. The van der Waals surface area contributed by atoms with Gasteiger partial charge in [-0.2, -0.15) is 10.4 Å². The molecule has 2 heterocycles. The molecule has 0 spiro atoms. The minimum atomic E-state index is -0.820. The van der Waals surface area contributed by atoms with Crippen LogP contribution in [0.3, 0.4) is 0 Å². The molecule has 0 bridgehead atoms. The molecule has 2 amide bonds. The molecule has 3 atom stereocenters. The summed E-state index contributed by atoms with van der Waals surface area (Å²) in [4.78, 5) is 40.9. The lowest BCUT2D eigenvalue weighted by Gasteiger charge is -2.35. The fourth-order valence-electron chi connectivity index (χ4n) is 5.50. The fourth-order valence-corrected chi connectivity index (χ4v) is 5.70. The Bertz CT molecular complexity index is 1570. The minimum absolute atomic E-state index is 0.104. The number of carbonyl (C=O) groups is 2. The van der Waals surface area contributed by atoms with Gasteiger partial charge in [0.2, 0.25) is 5.91 Å². The van der Waals surface area contributed by atoms with Crippen molar-refractivity contribution in [2.75, 3.05) is 0 Å². The zero-order chi connectivity index (χ0) is 28.6. The SMILES string of the molecule is Cc1cc(Oc2ccc(C(=O)N[C@H](C)C(=O)N3[C@H](c4cccc(Cl)c4)CC[C@@H]3C3(C#N)CC3)cc2C)c(=O)[nH]n1. The van der Waals surface area contributed by atoms with E-state index in [1.54, 1.807) is 45.0 Å². The predicted molar refractivity (Wildman–Crippen MR) is 149 cm³/mol. The van der Waals surface area contributed by atoms with Crippen molar-refractivity contribution in [2.45, 2.75) is 64.6 Å². The van der Waals surface area contributed by atoms with E-state index in [9.17, 15) is 19.6 Å². The lowest BCUT2D eigenvalue weighted by Crippen LogP contribution is -2.51. The van der Waals surface area contributed by atoms with E-state index < -0.39 is 22.9 Å². The summed E-state index contributed by atoms with van der Waals surface area (Å²) in [5.41, 5.74) is 1.52. The van der Waals surface area contributed by atoms with Gasteiger partial charge in [-0.25, -0.2) is 5.10 Å². The number of nitriles is 1. The molecule has 1 saturated carbocycles. The van der Waals surface area contributed by atoms with Gasteiger partial charge in [0, 0.05) is 16.7 Å². The van der Waals surface area contributed by atoms with E-state index in [1.165, 1.54) is 6.07 Å². The second-order valence-corrected chi connectivity index (χ2v) is 11.1. The highest BCUT2D eigenvalue weighted by Crippen LogP contribution is 2.56. The highest BCUT2D eigenvalue weighted by Gasteiger charge is 2.57. The number of aryl methyl sites for hydroxylation is 2. The number of amides is 2. The zero-order valence-electron chi connectivity index (χ0n) is 22.5. The molecule has 1 aliphatic carbocycles. The number of H-pyrrole nitrogens is 1. The average Bonchev–Trinajstić information content (AvgIpc) is 3.60. The van der Waals surface area contributed by atoms with Crippen molar-refractivity contribution in [1.29, 1.82) is 5.26 Å². The molecule has 1 saturated heterocycles. The first-order valence-corrected chi connectivity index (χ1v) is 13.6.